The summed E-state index contributed by atoms with van der Waals surface area (Å²) in [5.41, 5.74) is 1.80. The summed E-state index contributed by atoms with van der Waals surface area (Å²) in [5.74, 6) is -0.534. The van der Waals surface area contributed by atoms with Crippen LogP contribution in [0.1, 0.15) is 27.6 Å². The number of carbonyl (C=O) groups is 2. The topological polar surface area (TPSA) is 72.0 Å². The number of benzene rings is 2. The number of nitrogens with one attached hydrogen (secondary N) is 1. The van der Waals surface area contributed by atoms with Crippen LogP contribution in [0.5, 0.6) is 0 Å². The molecular formula is C19H14FN3O2. The Balaban J connectivity index is 1.77. The van der Waals surface area contributed by atoms with Crippen molar-refractivity contribution in [1.29, 1.82) is 0 Å². The molecule has 1 amide bonds. The number of hydrogen-bond acceptors (Lipinski definition) is 4. The van der Waals surface area contributed by atoms with E-state index in [0.717, 1.165) is 0 Å². The molecule has 0 saturated carbocycles. The number of nitrogens with zero attached hydrogens (tertiary/aromatic N) is 2. The van der Waals surface area contributed by atoms with Crippen molar-refractivity contribution < 1.29 is 14.0 Å². The van der Waals surface area contributed by atoms with E-state index in [1.54, 1.807) is 36.4 Å². The molecule has 1 N–H and O–H groups in total. The number of aromatic nitrogens is 2. The summed E-state index contributed by atoms with van der Waals surface area (Å²) >= 11 is 0. The van der Waals surface area contributed by atoms with Gasteiger partial charge in [-0.25, -0.2) is 14.4 Å². The highest BCUT2D eigenvalue weighted by atomic mass is 19.1. The number of ketones is 1. The maximum atomic E-state index is 13.2. The highest BCUT2D eigenvalue weighted by Crippen LogP contribution is 2.16. The zero-order chi connectivity index (χ0) is 17.8. The van der Waals surface area contributed by atoms with E-state index in [2.05, 4.69) is 15.3 Å². The molecule has 0 spiro atoms. The lowest BCUT2D eigenvalue weighted by molar-refractivity contribution is 0.101. The van der Waals surface area contributed by atoms with Crippen LogP contribution < -0.4 is 5.32 Å². The SMILES string of the molecule is CC(=O)c1cccc(NC(=O)c2cnc(-c3cccc(F)c3)nc2)c1. The van der Waals surface area contributed by atoms with Gasteiger partial charge in [0.1, 0.15) is 5.82 Å². The Kier molecular flexibility index (Phi) is 4.61. The first-order valence-electron chi connectivity index (χ1n) is 7.53. The molecular weight excluding hydrogens is 321 g/mol. The van der Waals surface area contributed by atoms with Gasteiger partial charge in [0.2, 0.25) is 0 Å². The smallest absolute Gasteiger partial charge is 0.258 e. The Bertz CT molecular complexity index is 939. The van der Waals surface area contributed by atoms with Crippen molar-refractivity contribution in [3.05, 3.63) is 77.9 Å². The molecule has 0 radical (unpaired) electrons. The van der Waals surface area contributed by atoms with Crippen LogP contribution in [-0.2, 0) is 0 Å². The zero-order valence-electron chi connectivity index (χ0n) is 13.4. The molecule has 1 aromatic heterocycles. The summed E-state index contributed by atoms with van der Waals surface area (Å²) in [5, 5.41) is 2.69. The number of hydrogen-bond donors (Lipinski definition) is 1. The molecule has 0 fully saturated rings. The maximum Gasteiger partial charge on any atom is 0.258 e. The van der Waals surface area contributed by atoms with Crippen molar-refractivity contribution >= 4 is 17.4 Å². The number of halogens is 1. The average molecular weight is 335 g/mol. The van der Waals surface area contributed by atoms with Gasteiger partial charge in [0.25, 0.3) is 5.91 Å². The molecule has 3 rings (SSSR count). The van der Waals surface area contributed by atoms with Gasteiger partial charge >= 0.3 is 0 Å². The number of amides is 1. The summed E-state index contributed by atoms with van der Waals surface area (Å²) in [6.45, 7) is 1.46. The number of anilines is 1. The lowest BCUT2D eigenvalue weighted by atomic mass is 10.1. The van der Waals surface area contributed by atoms with Crippen molar-refractivity contribution in [3.8, 4) is 11.4 Å². The highest BCUT2D eigenvalue weighted by molar-refractivity contribution is 6.04. The van der Waals surface area contributed by atoms with Gasteiger partial charge in [-0.3, -0.25) is 9.59 Å². The quantitative estimate of drug-likeness (QED) is 0.737. The van der Waals surface area contributed by atoms with Gasteiger partial charge in [-0.15, -0.1) is 0 Å². The first-order chi connectivity index (χ1) is 12.0. The molecule has 124 valence electrons. The third-order valence-corrected chi connectivity index (χ3v) is 3.52. The van der Waals surface area contributed by atoms with Crippen LogP contribution in [-0.4, -0.2) is 21.7 Å². The van der Waals surface area contributed by atoms with Crippen molar-refractivity contribution in [2.75, 3.05) is 5.32 Å². The Morgan fingerprint density at radius 3 is 2.36 bits per heavy atom. The van der Waals surface area contributed by atoms with E-state index < -0.39 is 5.91 Å². The monoisotopic (exact) mass is 335 g/mol. The summed E-state index contributed by atoms with van der Waals surface area (Å²) in [6.07, 6.45) is 2.74. The predicted molar refractivity (Wildman–Crippen MR) is 91.8 cm³/mol. The third kappa shape index (κ3) is 3.92. The molecule has 0 atom stereocenters. The zero-order valence-corrected chi connectivity index (χ0v) is 13.4. The normalized spacial score (nSPS) is 10.3. The number of rotatable bonds is 4. The van der Waals surface area contributed by atoms with Crippen LogP contribution >= 0.6 is 0 Å². The molecule has 1 heterocycles. The van der Waals surface area contributed by atoms with Gasteiger partial charge in [0, 0.05) is 29.2 Å². The molecule has 25 heavy (non-hydrogen) atoms. The second kappa shape index (κ2) is 7.00. The lowest BCUT2D eigenvalue weighted by Gasteiger charge is -2.07. The first kappa shape index (κ1) is 16.4. The van der Waals surface area contributed by atoms with Crippen LogP contribution in [0, 0.1) is 5.82 Å². The Morgan fingerprint density at radius 2 is 1.68 bits per heavy atom. The van der Waals surface area contributed by atoms with Crippen molar-refractivity contribution in [1.82, 2.24) is 9.97 Å². The van der Waals surface area contributed by atoms with Crippen molar-refractivity contribution in [2.45, 2.75) is 6.92 Å². The maximum absolute atomic E-state index is 13.2. The fourth-order valence-electron chi connectivity index (χ4n) is 2.24. The summed E-state index contributed by atoms with van der Waals surface area (Å²) in [6, 6.07) is 12.6. The van der Waals surface area contributed by atoms with Crippen molar-refractivity contribution in [2.24, 2.45) is 0 Å². The van der Waals surface area contributed by atoms with Crippen LogP contribution in [0.2, 0.25) is 0 Å². The predicted octanol–water partition coefficient (Wildman–Crippen LogP) is 3.74. The second-order valence-electron chi connectivity index (χ2n) is 5.40. The minimum Gasteiger partial charge on any atom is -0.322 e. The minimum absolute atomic E-state index is 0.0844. The van der Waals surface area contributed by atoms with Gasteiger partial charge in [-0.2, -0.15) is 0 Å². The summed E-state index contributed by atoms with van der Waals surface area (Å²) < 4.78 is 13.2. The van der Waals surface area contributed by atoms with Gasteiger partial charge in [0.05, 0.1) is 5.56 Å². The molecule has 0 saturated heterocycles. The molecule has 0 bridgehead atoms. The number of carbonyl (C=O) groups excluding carboxylic acids is 2. The van der Waals surface area contributed by atoms with Gasteiger partial charge in [-0.05, 0) is 31.2 Å². The molecule has 5 nitrogen and oxygen atoms in total. The van der Waals surface area contributed by atoms with E-state index in [1.165, 1.54) is 31.5 Å². The van der Waals surface area contributed by atoms with Gasteiger partial charge in [0.15, 0.2) is 11.6 Å². The van der Waals surface area contributed by atoms with E-state index >= 15 is 0 Å². The Morgan fingerprint density at radius 1 is 0.960 bits per heavy atom. The molecule has 0 aliphatic rings. The molecule has 0 aliphatic carbocycles. The summed E-state index contributed by atoms with van der Waals surface area (Å²) in [4.78, 5) is 31.9. The van der Waals surface area contributed by atoms with E-state index in [0.29, 0.717) is 22.6 Å². The molecule has 2 aromatic carbocycles. The van der Waals surface area contributed by atoms with E-state index in [-0.39, 0.29) is 17.2 Å². The van der Waals surface area contributed by atoms with Gasteiger partial charge in [-0.1, -0.05) is 24.3 Å². The fraction of sp³-hybridized carbons (Fsp3) is 0.0526. The van der Waals surface area contributed by atoms with Crippen LogP contribution in [0.4, 0.5) is 10.1 Å². The molecule has 0 aliphatic heterocycles. The second-order valence-corrected chi connectivity index (χ2v) is 5.40. The molecule has 0 unspecified atom stereocenters. The minimum atomic E-state index is -0.397. The standard InChI is InChI=1S/C19H14FN3O2/c1-12(24)13-4-3-7-17(9-13)23-19(25)15-10-21-18(22-11-15)14-5-2-6-16(20)8-14/h2-11H,1H3,(H,23,25). The van der Waals surface area contributed by atoms with E-state index in [4.69, 9.17) is 0 Å². The van der Waals surface area contributed by atoms with Crippen LogP contribution in [0.15, 0.2) is 60.9 Å². The Hall–Kier alpha value is -3.41. The van der Waals surface area contributed by atoms with E-state index in [1.807, 2.05) is 0 Å². The average Bonchev–Trinajstić information content (AvgIpc) is 2.62. The third-order valence-electron chi connectivity index (χ3n) is 3.52. The van der Waals surface area contributed by atoms with Gasteiger partial charge < -0.3 is 5.32 Å². The lowest BCUT2D eigenvalue weighted by Crippen LogP contribution is -2.13. The summed E-state index contributed by atoms with van der Waals surface area (Å²) in [7, 11) is 0. The van der Waals surface area contributed by atoms with Crippen molar-refractivity contribution in [3.63, 3.8) is 0 Å². The van der Waals surface area contributed by atoms with Crippen LogP contribution in [0.3, 0.4) is 0 Å². The van der Waals surface area contributed by atoms with Crippen LogP contribution in [0.25, 0.3) is 11.4 Å². The van der Waals surface area contributed by atoms with E-state index in [9.17, 15) is 14.0 Å². The largest absolute Gasteiger partial charge is 0.322 e. The first-order valence-corrected chi connectivity index (χ1v) is 7.53. The fourth-order valence-corrected chi connectivity index (χ4v) is 2.24. The molecule has 3 aromatic rings. The molecule has 6 heteroatoms. The Labute approximate surface area is 143 Å². The number of Topliss-reactive ketones (excluding diaryl/α,β-unsaturated/α-hetero) is 1. The highest BCUT2D eigenvalue weighted by Gasteiger charge is 2.10.